The SMILES string of the molecule is Cc1onc(C(=O)Nc2ncn(Cc3ccccc3Cl)n2)c1COc1ccc(Cl)cc1. The van der Waals surface area contributed by atoms with Gasteiger partial charge in [0.05, 0.1) is 12.1 Å². The first-order valence-electron chi connectivity index (χ1n) is 9.27. The summed E-state index contributed by atoms with van der Waals surface area (Å²) in [5.74, 6) is 0.733. The third-order valence-corrected chi connectivity index (χ3v) is 5.07. The molecule has 0 radical (unpaired) electrons. The summed E-state index contributed by atoms with van der Waals surface area (Å²) in [6.45, 7) is 2.24. The molecule has 0 aliphatic carbocycles. The van der Waals surface area contributed by atoms with Crippen LogP contribution in [-0.2, 0) is 13.2 Å². The van der Waals surface area contributed by atoms with E-state index in [4.69, 9.17) is 32.5 Å². The maximum Gasteiger partial charge on any atom is 0.280 e. The third kappa shape index (κ3) is 5.04. The Morgan fingerprint density at radius 2 is 1.94 bits per heavy atom. The van der Waals surface area contributed by atoms with E-state index in [1.54, 1.807) is 41.9 Å². The van der Waals surface area contributed by atoms with Crippen molar-refractivity contribution in [3.05, 3.63) is 87.5 Å². The summed E-state index contributed by atoms with van der Waals surface area (Å²) in [5.41, 5.74) is 1.53. The lowest BCUT2D eigenvalue weighted by molar-refractivity contribution is 0.101. The number of carbonyl (C=O) groups is 1. The Balaban J connectivity index is 1.43. The second-order valence-corrected chi connectivity index (χ2v) is 7.46. The fourth-order valence-corrected chi connectivity index (χ4v) is 3.14. The first-order chi connectivity index (χ1) is 15.0. The smallest absolute Gasteiger partial charge is 0.280 e. The summed E-state index contributed by atoms with van der Waals surface area (Å²) in [7, 11) is 0. The molecule has 0 fully saturated rings. The number of ether oxygens (including phenoxy) is 1. The monoisotopic (exact) mass is 457 g/mol. The number of benzene rings is 2. The molecule has 0 unspecified atom stereocenters. The predicted molar refractivity (Wildman–Crippen MR) is 116 cm³/mol. The Labute approximate surface area is 187 Å². The number of aryl methyl sites for hydroxylation is 1. The van der Waals surface area contributed by atoms with Crippen LogP contribution in [0.3, 0.4) is 0 Å². The lowest BCUT2D eigenvalue weighted by Crippen LogP contribution is -2.16. The van der Waals surface area contributed by atoms with Gasteiger partial charge >= 0.3 is 0 Å². The quantitative estimate of drug-likeness (QED) is 0.429. The second-order valence-electron chi connectivity index (χ2n) is 6.62. The number of carbonyl (C=O) groups excluding carboxylic acids is 1. The van der Waals surface area contributed by atoms with E-state index in [0.29, 0.717) is 33.7 Å². The number of aromatic nitrogens is 4. The molecule has 0 aliphatic heterocycles. The zero-order chi connectivity index (χ0) is 21.8. The van der Waals surface area contributed by atoms with Gasteiger partial charge in [0, 0.05) is 10.0 Å². The van der Waals surface area contributed by atoms with Gasteiger partial charge in [-0.2, -0.15) is 0 Å². The minimum absolute atomic E-state index is 0.105. The van der Waals surface area contributed by atoms with E-state index >= 15 is 0 Å². The van der Waals surface area contributed by atoms with Crippen molar-refractivity contribution >= 4 is 35.1 Å². The fraction of sp³-hybridized carbons (Fsp3) is 0.143. The van der Waals surface area contributed by atoms with Crippen LogP contribution in [0, 0.1) is 6.92 Å². The molecule has 10 heteroatoms. The summed E-state index contributed by atoms with van der Waals surface area (Å²) in [6.07, 6.45) is 1.51. The maximum atomic E-state index is 12.7. The molecule has 31 heavy (non-hydrogen) atoms. The predicted octanol–water partition coefficient (Wildman–Crippen LogP) is 4.76. The molecule has 1 amide bonds. The minimum atomic E-state index is -0.498. The van der Waals surface area contributed by atoms with Crippen LogP contribution in [0.4, 0.5) is 5.95 Å². The molecule has 2 aromatic heterocycles. The second kappa shape index (κ2) is 9.20. The normalized spacial score (nSPS) is 10.8. The molecule has 4 rings (SSSR count). The molecule has 158 valence electrons. The molecule has 1 N–H and O–H groups in total. The van der Waals surface area contributed by atoms with E-state index in [0.717, 1.165) is 5.56 Å². The summed E-state index contributed by atoms with van der Waals surface area (Å²) in [5, 5.41) is 12.0. The van der Waals surface area contributed by atoms with Crippen molar-refractivity contribution in [2.75, 3.05) is 5.32 Å². The van der Waals surface area contributed by atoms with Gasteiger partial charge in [-0.3, -0.25) is 10.1 Å². The van der Waals surface area contributed by atoms with Crippen LogP contribution in [0.15, 0.2) is 59.4 Å². The number of rotatable bonds is 7. The topological polar surface area (TPSA) is 95.1 Å². The lowest BCUT2D eigenvalue weighted by atomic mass is 10.2. The maximum absolute atomic E-state index is 12.7. The number of nitrogens with zero attached hydrogens (tertiary/aromatic N) is 4. The molecule has 2 aromatic carbocycles. The van der Waals surface area contributed by atoms with Crippen molar-refractivity contribution in [2.45, 2.75) is 20.1 Å². The largest absolute Gasteiger partial charge is 0.489 e. The third-order valence-electron chi connectivity index (χ3n) is 4.45. The van der Waals surface area contributed by atoms with Crippen molar-refractivity contribution in [2.24, 2.45) is 0 Å². The van der Waals surface area contributed by atoms with Crippen molar-refractivity contribution in [3.63, 3.8) is 0 Å². The summed E-state index contributed by atoms with van der Waals surface area (Å²) in [6, 6.07) is 14.4. The first-order valence-corrected chi connectivity index (χ1v) is 10.0. The van der Waals surface area contributed by atoms with Gasteiger partial charge in [-0.15, -0.1) is 5.10 Å². The van der Waals surface area contributed by atoms with Crippen LogP contribution in [-0.4, -0.2) is 25.8 Å². The highest BCUT2D eigenvalue weighted by Gasteiger charge is 2.21. The minimum Gasteiger partial charge on any atom is -0.489 e. The molecule has 0 atom stereocenters. The molecule has 8 nitrogen and oxygen atoms in total. The van der Waals surface area contributed by atoms with Crippen LogP contribution >= 0.6 is 23.2 Å². The molecular formula is C21H17Cl2N5O3. The number of nitrogens with one attached hydrogen (secondary N) is 1. The first kappa shape index (κ1) is 20.9. The van der Waals surface area contributed by atoms with E-state index in [1.165, 1.54) is 6.33 Å². The van der Waals surface area contributed by atoms with Gasteiger partial charge in [0.15, 0.2) is 5.69 Å². The van der Waals surface area contributed by atoms with Gasteiger partial charge in [0.2, 0.25) is 5.95 Å². The Hall–Kier alpha value is -3.36. The standard InChI is InChI=1S/C21H17Cl2N5O3/c1-13-17(11-30-16-8-6-15(22)7-9-16)19(27-31-13)20(29)25-21-24-12-28(26-21)10-14-4-2-3-5-18(14)23/h2-9,12H,10-11H2,1H3,(H,25,26,29). The zero-order valence-electron chi connectivity index (χ0n) is 16.4. The average Bonchev–Trinajstić information content (AvgIpc) is 3.35. The van der Waals surface area contributed by atoms with Crippen LogP contribution < -0.4 is 10.1 Å². The van der Waals surface area contributed by atoms with Gasteiger partial charge in [-0.05, 0) is 42.8 Å². The van der Waals surface area contributed by atoms with E-state index in [2.05, 4.69) is 20.6 Å². The van der Waals surface area contributed by atoms with Gasteiger partial charge in [-0.25, -0.2) is 9.67 Å². The number of anilines is 1. The molecule has 0 aliphatic rings. The van der Waals surface area contributed by atoms with E-state index < -0.39 is 5.91 Å². The molecule has 2 heterocycles. The molecule has 0 spiro atoms. The zero-order valence-corrected chi connectivity index (χ0v) is 17.9. The Morgan fingerprint density at radius 1 is 1.16 bits per heavy atom. The summed E-state index contributed by atoms with van der Waals surface area (Å²) >= 11 is 12.1. The van der Waals surface area contributed by atoms with Crippen molar-refractivity contribution < 1.29 is 14.1 Å². The highest BCUT2D eigenvalue weighted by Crippen LogP contribution is 2.21. The van der Waals surface area contributed by atoms with Crippen LogP contribution in [0.1, 0.15) is 27.4 Å². The molecule has 0 saturated carbocycles. The molecular weight excluding hydrogens is 441 g/mol. The summed E-state index contributed by atoms with van der Waals surface area (Å²) in [4.78, 5) is 16.8. The fourth-order valence-electron chi connectivity index (χ4n) is 2.82. The molecule has 0 saturated heterocycles. The van der Waals surface area contributed by atoms with E-state index in [9.17, 15) is 4.79 Å². The van der Waals surface area contributed by atoms with Gasteiger partial charge in [0.25, 0.3) is 5.91 Å². The Morgan fingerprint density at radius 3 is 2.71 bits per heavy atom. The van der Waals surface area contributed by atoms with Crippen LogP contribution in [0.2, 0.25) is 10.0 Å². The highest BCUT2D eigenvalue weighted by molar-refractivity contribution is 6.31. The number of hydrogen-bond donors (Lipinski definition) is 1. The van der Waals surface area contributed by atoms with E-state index in [1.807, 2.05) is 18.2 Å². The Kier molecular flexibility index (Phi) is 6.20. The Bertz CT molecular complexity index is 1200. The molecule has 4 aromatic rings. The van der Waals surface area contributed by atoms with Gasteiger partial charge in [0.1, 0.15) is 24.4 Å². The lowest BCUT2D eigenvalue weighted by Gasteiger charge is -2.06. The number of amides is 1. The average molecular weight is 458 g/mol. The number of halogens is 2. The van der Waals surface area contributed by atoms with Crippen LogP contribution in [0.5, 0.6) is 5.75 Å². The van der Waals surface area contributed by atoms with E-state index in [-0.39, 0.29) is 18.2 Å². The van der Waals surface area contributed by atoms with Crippen molar-refractivity contribution in [1.29, 1.82) is 0 Å². The van der Waals surface area contributed by atoms with Gasteiger partial charge < -0.3 is 9.26 Å². The van der Waals surface area contributed by atoms with Crippen molar-refractivity contribution in [1.82, 2.24) is 19.9 Å². The highest BCUT2D eigenvalue weighted by atomic mass is 35.5. The molecule has 0 bridgehead atoms. The van der Waals surface area contributed by atoms with Gasteiger partial charge in [-0.1, -0.05) is 46.6 Å². The van der Waals surface area contributed by atoms with Crippen LogP contribution in [0.25, 0.3) is 0 Å². The number of hydrogen-bond acceptors (Lipinski definition) is 6. The summed E-state index contributed by atoms with van der Waals surface area (Å²) < 4.78 is 12.5. The van der Waals surface area contributed by atoms with Crippen molar-refractivity contribution in [3.8, 4) is 5.75 Å².